The minimum atomic E-state index is 0.367. The lowest BCUT2D eigenvalue weighted by Gasteiger charge is -2.13. The first-order chi connectivity index (χ1) is 7.06. The van der Waals surface area contributed by atoms with E-state index in [0.29, 0.717) is 11.7 Å². The van der Waals surface area contributed by atoms with Crippen LogP contribution in [0, 0.1) is 6.92 Å². The summed E-state index contributed by atoms with van der Waals surface area (Å²) in [6.07, 6.45) is 0. The van der Waals surface area contributed by atoms with Crippen molar-refractivity contribution in [2.24, 2.45) is 0 Å². The number of aromatic hydroxyl groups is 1. The number of benzene rings is 1. The Morgan fingerprint density at radius 2 is 2.00 bits per heavy atom. The van der Waals surface area contributed by atoms with Crippen LogP contribution < -0.4 is 5.32 Å². The largest absolute Gasteiger partial charge is 0.508 e. The zero-order valence-corrected chi connectivity index (χ0v) is 10.1. The van der Waals surface area contributed by atoms with Crippen LogP contribution in [-0.4, -0.2) is 11.7 Å². The van der Waals surface area contributed by atoms with Crippen molar-refractivity contribution in [3.63, 3.8) is 0 Å². The van der Waals surface area contributed by atoms with Crippen molar-refractivity contribution in [2.75, 3.05) is 6.54 Å². The molecule has 1 aromatic carbocycles. The molecule has 0 aliphatic rings. The number of hydrogen-bond donors (Lipinski definition) is 2. The molecule has 0 fully saturated rings. The van der Waals surface area contributed by atoms with E-state index in [2.05, 4.69) is 32.2 Å². The zero-order valence-electron chi connectivity index (χ0n) is 10.1. The van der Waals surface area contributed by atoms with E-state index >= 15 is 0 Å². The van der Waals surface area contributed by atoms with Crippen LogP contribution in [0.5, 0.6) is 5.75 Å². The average molecular weight is 207 g/mol. The SMILES string of the molecule is CCNCc1cc(C(C)C)c(O)cc1C. The Morgan fingerprint density at radius 3 is 2.53 bits per heavy atom. The summed E-state index contributed by atoms with van der Waals surface area (Å²) in [5.41, 5.74) is 3.46. The van der Waals surface area contributed by atoms with Crippen LogP contribution in [0.15, 0.2) is 12.1 Å². The summed E-state index contributed by atoms with van der Waals surface area (Å²) in [5, 5.41) is 13.1. The second kappa shape index (κ2) is 5.17. The van der Waals surface area contributed by atoms with Crippen molar-refractivity contribution >= 4 is 0 Å². The van der Waals surface area contributed by atoms with E-state index < -0.39 is 0 Å². The van der Waals surface area contributed by atoms with Gasteiger partial charge in [0.05, 0.1) is 0 Å². The molecule has 1 rings (SSSR count). The Balaban J connectivity index is 3.00. The highest BCUT2D eigenvalue weighted by Crippen LogP contribution is 2.28. The monoisotopic (exact) mass is 207 g/mol. The molecule has 0 unspecified atom stereocenters. The molecule has 84 valence electrons. The molecule has 0 amide bonds. The Bertz CT molecular complexity index is 332. The molecule has 2 heteroatoms. The van der Waals surface area contributed by atoms with Gasteiger partial charge in [-0.15, -0.1) is 0 Å². The third-order valence-corrected chi connectivity index (χ3v) is 2.67. The molecule has 0 aromatic heterocycles. The summed E-state index contributed by atoms with van der Waals surface area (Å²) in [6.45, 7) is 10.2. The van der Waals surface area contributed by atoms with Gasteiger partial charge in [-0.25, -0.2) is 0 Å². The third-order valence-electron chi connectivity index (χ3n) is 2.67. The van der Waals surface area contributed by atoms with Gasteiger partial charge in [0.2, 0.25) is 0 Å². The lowest BCUT2D eigenvalue weighted by Crippen LogP contribution is -2.13. The standard InChI is InChI=1S/C13H21NO/c1-5-14-8-11-7-12(9(2)3)13(15)6-10(11)4/h6-7,9,14-15H,5,8H2,1-4H3. The van der Waals surface area contributed by atoms with E-state index in [1.165, 1.54) is 5.56 Å². The smallest absolute Gasteiger partial charge is 0.119 e. The average Bonchev–Trinajstić information content (AvgIpc) is 2.16. The molecule has 0 aliphatic heterocycles. The van der Waals surface area contributed by atoms with Gasteiger partial charge in [0.1, 0.15) is 5.75 Å². The second-order valence-electron chi connectivity index (χ2n) is 4.27. The van der Waals surface area contributed by atoms with Crippen molar-refractivity contribution in [1.29, 1.82) is 0 Å². The van der Waals surface area contributed by atoms with Gasteiger partial charge in [0.25, 0.3) is 0 Å². The van der Waals surface area contributed by atoms with Crippen LogP contribution in [0.4, 0.5) is 0 Å². The van der Waals surface area contributed by atoms with Crippen molar-refractivity contribution < 1.29 is 5.11 Å². The van der Waals surface area contributed by atoms with E-state index in [1.54, 1.807) is 0 Å². The minimum Gasteiger partial charge on any atom is -0.508 e. The van der Waals surface area contributed by atoms with Gasteiger partial charge in [-0.3, -0.25) is 0 Å². The lowest BCUT2D eigenvalue weighted by atomic mass is 9.96. The van der Waals surface area contributed by atoms with Gasteiger partial charge < -0.3 is 10.4 Å². The highest BCUT2D eigenvalue weighted by molar-refractivity contribution is 5.42. The summed E-state index contributed by atoms with van der Waals surface area (Å²) >= 11 is 0. The molecule has 2 nitrogen and oxygen atoms in total. The number of phenolic OH excluding ortho intramolecular Hbond substituents is 1. The number of hydrogen-bond acceptors (Lipinski definition) is 2. The molecular weight excluding hydrogens is 186 g/mol. The molecule has 0 saturated carbocycles. The molecule has 0 atom stereocenters. The summed E-state index contributed by atoms with van der Waals surface area (Å²) < 4.78 is 0. The van der Waals surface area contributed by atoms with Crippen LogP contribution in [0.2, 0.25) is 0 Å². The fraction of sp³-hybridized carbons (Fsp3) is 0.538. The van der Waals surface area contributed by atoms with Gasteiger partial charge in [-0.2, -0.15) is 0 Å². The highest BCUT2D eigenvalue weighted by Gasteiger charge is 2.09. The maximum Gasteiger partial charge on any atom is 0.119 e. The van der Waals surface area contributed by atoms with Gasteiger partial charge in [0.15, 0.2) is 0 Å². The van der Waals surface area contributed by atoms with Crippen molar-refractivity contribution in [1.82, 2.24) is 5.32 Å². The second-order valence-corrected chi connectivity index (χ2v) is 4.27. The molecule has 2 N–H and O–H groups in total. The fourth-order valence-electron chi connectivity index (χ4n) is 1.67. The molecule has 1 aromatic rings. The van der Waals surface area contributed by atoms with Gasteiger partial charge >= 0.3 is 0 Å². The first-order valence-corrected chi connectivity index (χ1v) is 5.59. The summed E-state index contributed by atoms with van der Waals surface area (Å²) in [5.74, 6) is 0.786. The van der Waals surface area contributed by atoms with E-state index in [-0.39, 0.29) is 0 Å². The molecule has 0 saturated heterocycles. The zero-order chi connectivity index (χ0) is 11.4. The number of aryl methyl sites for hydroxylation is 1. The van der Waals surface area contributed by atoms with Crippen molar-refractivity contribution in [3.8, 4) is 5.75 Å². The number of nitrogens with one attached hydrogen (secondary N) is 1. The van der Waals surface area contributed by atoms with Crippen LogP contribution >= 0.6 is 0 Å². The molecule has 0 bridgehead atoms. The van der Waals surface area contributed by atoms with Crippen LogP contribution in [0.3, 0.4) is 0 Å². The van der Waals surface area contributed by atoms with Gasteiger partial charge in [-0.1, -0.05) is 26.8 Å². The molecule has 0 heterocycles. The van der Waals surface area contributed by atoms with E-state index in [1.807, 2.05) is 13.0 Å². The van der Waals surface area contributed by atoms with Gasteiger partial charge in [0, 0.05) is 6.54 Å². The Morgan fingerprint density at radius 1 is 1.33 bits per heavy atom. The fourth-order valence-corrected chi connectivity index (χ4v) is 1.67. The topological polar surface area (TPSA) is 32.3 Å². The normalized spacial score (nSPS) is 11.0. The Hall–Kier alpha value is -1.02. The quantitative estimate of drug-likeness (QED) is 0.795. The first kappa shape index (κ1) is 12.1. The molecule has 0 aliphatic carbocycles. The predicted octanol–water partition coefficient (Wildman–Crippen LogP) is 2.93. The first-order valence-electron chi connectivity index (χ1n) is 5.59. The molecule has 0 radical (unpaired) electrons. The Labute approximate surface area is 92.3 Å². The van der Waals surface area contributed by atoms with Gasteiger partial charge in [-0.05, 0) is 42.1 Å². The number of rotatable bonds is 4. The van der Waals surface area contributed by atoms with Crippen molar-refractivity contribution in [3.05, 3.63) is 28.8 Å². The lowest BCUT2D eigenvalue weighted by molar-refractivity contribution is 0.464. The van der Waals surface area contributed by atoms with E-state index in [0.717, 1.165) is 24.2 Å². The summed E-state index contributed by atoms with van der Waals surface area (Å²) in [6, 6.07) is 3.97. The van der Waals surface area contributed by atoms with E-state index in [9.17, 15) is 5.11 Å². The van der Waals surface area contributed by atoms with Crippen LogP contribution in [0.1, 0.15) is 43.4 Å². The highest BCUT2D eigenvalue weighted by atomic mass is 16.3. The molecular formula is C13H21NO. The van der Waals surface area contributed by atoms with Crippen LogP contribution in [-0.2, 0) is 6.54 Å². The van der Waals surface area contributed by atoms with Crippen molar-refractivity contribution in [2.45, 2.75) is 40.2 Å². The summed E-state index contributed by atoms with van der Waals surface area (Å²) in [4.78, 5) is 0. The predicted molar refractivity (Wildman–Crippen MR) is 64.3 cm³/mol. The maximum atomic E-state index is 9.79. The van der Waals surface area contributed by atoms with Crippen LogP contribution in [0.25, 0.3) is 0 Å². The minimum absolute atomic E-state index is 0.367. The molecule has 0 spiro atoms. The van der Waals surface area contributed by atoms with E-state index in [4.69, 9.17) is 0 Å². The number of phenols is 1. The maximum absolute atomic E-state index is 9.79. The summed E-state index contributed by atoms with van der Waals surface area (Å²) in [7, 11) is 0. The third kappa shape index (κ3) is 2.96. The molecule has 15 heavy (non-hydrogen) atoms. The Kier molecular flexibility index (Phi) is 4.15.